The van der Waals surface area contributed by atoms with Gasteiger partial charge in [0.2, 0.25) is 0 Å². The van der Waals surface area contributed by atoms with Crippen molar-refractivity contribution in [1.82, 2.24) is 0 Å². The number of esters is 2. The van der Waals surface area contributed by atoms with E-state index in [0.717, 1.165) is 38.4 Å². The molecule has 0 radical (unpaired) electrons. The first-order chi connectivity index (χ1) is 13.9. The zero-order valence-electron chi connectivity index (χ0n) is 17.8. The van der Waals surface area contributed by atoms with E-state index in [0.29, 0.717) is 30.1 Å². The van der Waals surface area contributed by atoms with Crippen LogP contribution in [0.15, 0.2) is 12.2 Å². The van der Waals surface area contributed by atoms with Crippen LogP contribution in [-0.2, 0) is 23.9 Å². The Balaban J connectivity index is 2.10. The molecule has 164 valence electrons. The van der Waals surface area contributed by atoms with Gasteiger partial charge in [-0.05, 0) is 56.3 Å². The van der Waals surface area contributed by atoms with Gasteiger partial charge >= 0.3 is 11.9 Å². The van der Waals surface area contributed by atoms with Gasteiger partial charge in [0.25, 0.3) is 0 Å². The summed E-state index contributed by atoms with van der Waals surface area (Å²) in [6, 6.07) is 0. The average Bonchev–Trinajstić information content (AvgIpc) is 2.72. The Morgan fingerprint density at radius 3 is 2.69 bits per heavy atom. The zero-order valence-corrected chi connectivity index (χ0v) is 19.4. The first-order valence-electron chi connectivity index (χ1n) is 11.0. The standard InChI is InChI=1S/C23H35BrO5/c1-4-15(2)23(27)29-20-7-5-6-17-9-8-16(3)19(22(17)20)11-10-18(12-13-25)28-21(26)14-24/h8-9,13,15-20,22H,4-7,10-12,14H2,1-3H3/t15-,16-,17+,18+,19-,20-,22-/m0/s1. The summed E-state index contributed by atoms with van der Waals surface area (Å²) in [7, 11) is 0. The Morgan fingerprint density at radius 1 is 1.28 bits per heavy atom. The van der Waals surface area contributed by atoms with Crippen molar-refractivity contribution in [2.24, 2.45) is 29.6 Å². The van der Waals surface area contributed by atoms with E-state index in [4.69, 9.17) is 9.47 Å². The summed E-state index contributed by atoms with van der Waals surface area (Å²) in [4.78, 5) is 35.1. The fourth-order valence-electron chi connectivity index (χ4n) is 4.80. The number of allylic oxidation sites excluding steroid dienone is 2. The summed E-state index contributed by atoms with van der Waals surface area (Å²) in [6.07, 6.45) is 10.6. The van der Waals surface area contributed by atoms with Crippen molar-refractivity contribution in [2.75, 3.05) is 5.33 Å². The molecule has 0 aromatic rings. The molecule has 29 heavy (non-hydrogen) atoms. The maximum atomic E-state index is 12.5. The van der Waals surface area contributed by atoms with E-state index in [1.165, 1.54) is 0 Å². The quantitative estimate of drug-likeness (QED) is 0.197. The highest BCUT2D eigenvalue weighted by Gasteiger charge is 2.43. The van der Waals surface area contributed by atoms with Crippen LogP contribution in [0.2, 0.25) is 0 Å². The van der Waals surface area contributed by atoms with Gasteiger partial charge in [0.15, 0.2) is 0 Å². The normalized spacial score (nSPS) is 30.7. The molecular weight excluding hydrogens is 436 g/mol. The van der Waals surface area contributed by atoms with E-state index >= 15 is 0 Å². The maximum Gasteiger partial charge on any atom is 0.316 e. The highest BCUT2D eigenvalue weighted by Crippen LogP contribution is 2.46. The number of ether oxygens (including phenoxy) is 2. The summed E-state index contributed by atoms with van der Waals surface area (Å²) in [5, 5.41) is 0.128. The molecule has 2 rings (SSSR count). The Hall–Kier alpha value is -1.17. The summed E-state index contributed by atoms with van der Waals surface area (Å²) < 4.78 is 11.4. The minimum Gasteiger partial charge on any atom is -0.462 e. The predicted octanol–water partition coefficient (Wildman–Crippen LogP) is 4.86. The van der Waals surface area contributed by atoms with Crippen LogP contribution in [0.5, 0.6) is 0 Å². The van der Waals surface area contributed by atoms with Gasteiger partial charge < -0.3 is 14.3 Å². The van der Waals surface area contributed by atoms with Gasteiger partial charge in [-0.2, -0.15) is 0 Å². The highest BCUT2D eigenvalue weighted by molar-refractivity contribution is 9.09. The number of hydrogen-bond donors (Lipinski definition) is 0. The van der Waals surface area contributed by atoms with Crippen LogP contribution >= 0.6 is 15.9 Å². The Bertz CT molecular complexity index is 590. The van der Waals surface area contributed by atoms with Crippen LogP contribution in [0.25, 0.3) is 0 Å². The molecule has 0 N–H and O–H groups in total. The number of alkyl halides is 1. The highest BCUT2D eigenvalue weighted by atomic mass is 79.9. The third kappa shape index (κ3) is 6.66. The van der Waals surface area contributed by atoms with Gasteiger partial charge in [0.1, 0.15) is 23.8 Å². The smallest absolute Gasteiger partial charge is 0.316 e. The van der Waals surface area contributed by atoms with Crippen LogP contribution < -0.4 is 0 Å². The molecule has 2 aliphatic rings. The topological polar surface area (TPSA) is 69.7 Å². The molecule has 2 aliphatic carbocycles. The molecule has 0 aromatic heterocycles. The molecule has 0 amide bonds. The van der Waals surface area contributed by atoms with Crippen molar-refractivity contribution in [3.05, 3.63) is 12.2 Å². The third-order valence-corrected chi connectivity index (χ3v) is 7.11. The lowest BCUT2D eigenvalue weighted by Crippen LogP contribution is -2.44. The summed E-state index contributed by atoms with van der Waals surface area (Å²) in [5.74, 6) is 0.911. The lowest BCUT2D eigenvalue weighted by molar-refractivity contribution is -0.162. The van der Waals surface area contributed by atoms with E-state index in [-0.39, 0.29) is 41.8 Å². The van der Waals surface area contributed by atoms with Gasteiger partial charge in [0.05, 0.1) is 5.92 Å². The SMILES string of the molecule is CC[C@H](C)C(=O)O[C@H]1CCC[C@@H]2C=C[C@H](C)[C@H](CC[C@H](CC=O)OC(=O)CBr)[C@@H]12. The van der Waals surface area contributed by atoms with Crippen LogP contribution in [-0.4, -0.2) is 35.8 Å². The van der Waals surface area contributed by atoms with Crippen molar-refractivity contribution in [3.8, 4) is 0 Å². The third-order valence-electron chi connectivity index (χ3n) is 6.65. The molecule has 0 spiro atoms. The van der Waals surface area contributed by atoms with Crippen LogP contribution in [0, 0.1) is 29.6 Å². The van der Waals surface area contributed by atoms with Gasteiger partial charge in [0, 0.05) is 12.3 Å². The minimum absolute atomic E-state index is 0.0535. The number of rotatable bonds is 10. The molecule has 0 heterocycles. The molecule has 5 nitrogen and oxygen atoms in total. The lowest BCUT2D eigenvalue weighted by atomic mass is 9.62. The summed E-state index contributed by atoms with van der Waals surface area (Å²) >= 11 is 3.10. The van der Waals surface area contributed by atoms with Crippen molar-refractivity contribution in [2.45, 2.75) is 77.9 Å². The Morgan fingerprint density at radius 2 is 2.03 bits per heavy atom. The second-order valence-corrected chi connectivity index (χ2v) is 9.15. The average molecular weight is 471 g/mol. The zero-order chi connectivity index (χ0) is 21.4. The molecule has 0 aromatic carbocycles. The van der Waals surface area contributed by atoms with Crippen molar-refractivity contribution < 1.29 is 23.9 Å². The van der Waals surface area contributed by atoms with E-state index in [9.17, 15) is 14.4 Å². The first-order valence-corrected chi connectivity index (χ1v) is 12.1. The second-order valence-electron chi connectivity index (χ2n) is 8.59. The van der Waals surface area contributed by atoms with Gasteiger partial charge in [-0.15, -0.1) is 0 Å². The molecule has 0 saturated heterocycles. The predicted molar refractivity (Wildman–Crippen MR) is 116 cm³/mol. The monoisotopic (exact) mass is 470 g/mol. The van der Waals surface area contributed by atoms with Crippen LogP contribution in [0.1, 0.15) is 65.7 Å². The number of hydrogen-bond acceptors (Lipinski definition) is 5. The fourth-order valence-corrected chi connectivity index (χ4v) is 4.93. The van der Waals surface area contributed by atoms with E-state index in [2.05, 4.69) is 35.0 Å². The first kappa shape index (κ1) is 24.1. The molecule has 6 heteroatoms. The number of halogens is 1. The summed E-state index contributed by atoms with van der Waals surface area (Å²) in [6.45, 7) is 6.13. The van der Waals surface area contributed by atoms with Crippen molar-refractivity contribution in [1.29, 1.82) is 0 Å². The van der Waals surface area contributed by atoms with Gasteiger partial charge in [-0.3, -0.25) is 9.59 Å². The number of aldehydes is 1. The van der Waals surface area contributed by atoms with E-state index < -0.39 is 0 Å². The molecular formula is C23H35BrO5. The molecule has 0 unspecified atom stereocenters. The number of fused-ring (bicyclic) bond motifs is 1. The van der Waals surface area contributed by atoms with E-state index in [1.54, 1.807) is 0 Å². The van der Waals surface area contributed by atoms with Crippen LogP contribution in [0.3, 0.4) is 0 Å². The van der Waals surface area contributed by atoms with Crippen molar-refractivity contribution >= 4 is 34.2 Å². The lowest BCUT2D eigenvalue weighted by Gasteiger charge is -2.46. The maximum absolute atomic E-state index is 12.5. The molecule has 1 saturated carbocycles. The molecule has 0 bridgehead atoms. The summed E-state index contributed by atoms with van der Waals surface area (Å²) in [5.41, 5.74) is 0. The number of carbonyl (C=O) groups is 3. The van der Waals surface area contributed by atoms with Crippen molar-refractivity contribution in [3.63, 3.8) is 0 Å². The Kier molecular flexibility index (Phi) is 9.87. The van der Waals surface area contributed by atoms with Crippen LogP contribution in [0.4, 0.5) is 0 Å². The number of carbonyl (C=O) groups excluding carboxylic acids is 3. The minimum atomic E-state index is -0.390. The molecule has 7 atom stereocenters. The largest absolute Gasteiger partial charge is 0.462 e. The molecule has 1 fully saturated rings. The fraction of sp³-hybridized carbons (Fsp3) is 0.783. The Labute approximate surface area is 183 Å². The second kappa shape index (κ2) is 11.9. The molecule has 0 aliphatic heterocycles. The van der Waals surface area contributed by atoms with Gasteiger partial charge in [-0.25, -0.2) is 0 Å². The van der Waals surface area contributed by atoms with Gasteiger partial charge in [-0.1, -0.05) is 48.9 Å². The van der Waals surface area contributed by atoms with E-state index in [1.807, 2.05) is 13.8 Å².